The first-order valence-corrected chi connectivity index (χ1v) is 4.65. The van der Waals surface area contributed by atoms with E-state index in [0.717, 1.165) is 22.5 Å². The number of nitrogens with zero attached hydrogens (tertiary/aromatic N) is 2. The largest absolute Gasteiger partial charge is 0.324 e. The predicted molar refractivity (Wildman–Crippen MR) is 60.0 cm³/mol. The van der Waals surface area contributed by atoms with Crippen molar-refractivity contribution in [2.45, 2.75) is 6.92 Å². The zero-order chi connectivity index (χ0) is 10.7. The second-order valence-electron chi connectivity index (χ2n) is 3.26. The number of hydrogen-bond acceptors (Lipinski definition) is 4. The third-order valence-corrected chi connectivity index (χ3v) is 2.24. The van der Waals surface area contributed by atoms with E-state index in [4.69, 9.17) is 5.84 Å². The number of aryl methyl sites for hydroxylation is 1. The molecule has 2 aromatic rings. The Bertz CT molecular complexity index is 468. The van der Waals surface area contributed by atoms with Crippen molar-refractivity contribution in [2.75, 3.05) is 5.43 Å². The number of nitrogens with one attached hydrogen (secondary N) is 1. The monoisotopic (exact) mass is 200 g/mol. The summed E-state index contributed by atoms with van der Waals surface area (Å²) in [5, 5.41) is 0. The van der Waals surface area contributed by atoms with Gasteiger partial charge in [0.25, 0.3) is 0 Å². The highest BCUT2D eigenvalue weighted by Gasteiger charge is 2.03. The molecule has 4 nitrogen and oxygen atoms in total. The number of nitrogen functional groups attached to an aromatic ring is 1. The van der Waals surface area contributed by atoms with Gasteiger partial charge in [0.15, 0.2) is 0 Å². The highest BCUT2D eigenvalue weighted by Crippen LogP contribution is 2.21. The first kappa shape index (κ1) is 9.61. The van der Waals surface area contributed by atoms with Crippen molar-refractivity contribution in [1.82, 2.24) is 9.97 Å². The maximum atomic E-state index is 5.34. The van der Waals surface area contributed by atoms with Gasteiger partial charge in [0.1, 0.15) is 0 Å². The smallest absolute Gasteiger partial charge is 0.0741 e. The Labute approximate surface area is 88.2 Å². The minimum absolute atomic E-state index is 0.836. The Balaban J connectivity index is 2.49. The molecule has 0 bridgehead atoms. The summed E-state index contributed by atoms with van der Waals surface area (Å²) >= 11 is 0. The number of pyridine rings is 2. The fourth-order valence-corrected chi connectivity index (χ4v) is 1.40. The number of anilines is 1. The maximum Gasteiger partial charge on any atom is 0.0741 e. The Hall–Kier alpha value is -1.94. The van der Waals surface area contributed by atoms with E-state index in [2.05, 4.69) is 15.4 Å². The predicted octanol–water partition coefficient (Wildman–Crippen LogP) is 1.74. The van der Waals surface area contributed by atoms with Crippen molar-refractivity contribution in [3.63, 3.8) is 0 Å². The van der Waals surface area contributed by atoms with Crippen LogP contribution in [-0.4, -0.2) is 9.97 Å². The molecule has 0 aliphatic rings. The number of hydrazine groups is 1. The maximum absolute atomic E-state index is 5.34. The van der Waals surface area contributed by atoms with Crippen LogP contribution in [0, 0.1) is 6.92 Å². The first-order valence-electron chi connectivity index (χ1n) is 4.65. The van der Waals surface area contributed by atoms with E-state index >= 15 is 0 Å². The van der Waals surface area contributed by atoms with Gasteiger partial charge >= 0.3 is 0 Å². The van der Waals surface area contributed by atoms with E-state index in [1.54, 1.807) is 18.6 Å². The molecule has 0 unspecified atom stereocenters. The molecule has 4 heteroatoms. The quantitative estimate of drug-likeness (QED) is 0.572. The molecule has 0 amide bonds. The van der Waals surface area contributed by atoms with Crippen molar-refractivity contribution >= 4 is 5.69 Å². The van der Waals surface area contributed by atoms with Crippen LogP contribution in [-0.2, 0) is 0 Å². The lowest BCUT2D eigenvalue weighted by molar-refractivity contribution is 1.24. The van der Waals surface area contributed by atoms with Crippen molar-refractivity contribution in [1.29, 1.82) is 0 Å². The summed E-state index contributed by atoms with van der Waals surface area (Å²) in [7, 11) is 0. The Morgan fingerprint density at radius 1 is 1.27 bits per heavy atom. The van der Waals surface area contributed by atoms with Crippen molar-refractivity contribution in [2.24, 2.45) is 5.84 Å². The van der Waals surface area contributed by atoms with Crippen LogP contribution in [0.3, 0.4) is 0 Å². The summed E-state index contributed by atoms with van der Waals surface area (Å²) in [6.07, 6.45) is 5.29. The average molecular weight is 200 g/mol. The molecule has 76 valence electrons. The lowest BCUT2D eigenvalue weighted by atomic mass is 10.1. The summed E-state index contributed by atoms with van der Waals surface area (Å²) < 4.78 is 0. The summed E-state index contributed by atoms with van der Waals surface area (Å²) in [6, 6.07) is 5.67. The highest BCUT2D eigenvalue weighted by atomic mass is 15.2. The van der Waals surface area contributed by atoms with Crippen LogP contribution in [0.15, 0.2) is 36.8 Å². The summed E-state index contributed by atoms with van der Waals surface area (Å²) in [4.78, 5) is 8.37. The Kier molecular flexibility index (Phi) is 2.60. The van der Waals surface area contributed by atoms with Crippen LogP contribution in [0.2, 0.25) is 0 Å². The Morgan fingerprint density at radius 3 is 2.87 bits per heavy atom. The molecule has 3 N–H and O–H groups in total. The highest BCUT2D eigenvalue weighted by molar-refractivity contribution is 5.65. The molecule has 0 saturated heterocycles. The van der Waals surface area contributed by atoms with Crippen molar-refractivity contribution < 1.29 is 0 Å². The number of nitrogens with two attached hydrogens (primary N) is 1. The van der Waals surface area contributed by atoms with Gasteiger partial charge in [-0.2, -0.15) is 0 Å². The van der Waals surface area contributed by atoms with Gasteiger partial charge in [0.05, 0.1) is 11.4 Å². The lowest BCUT2D eigenvalue weighted by Gasteiger charge is -2.05. The van der Waals surface area contributed by atoms with Gasteiger partial charge in [-0.3, -0.25) is 15.8 Å². The van der Waals surface area contributed by atoms with E-state index in [0.29, 0.717) is 0 Å². The molecule has 2 rings (SSSR count). The summed E-state index contributed by atoms with van der Waals surface area (Å²) in [5.74, 6) is 5.34. The average Bonchev–Trinajstić information content (AvgIpc) is 2.30. The molecule has 0 saturated carbocycles. The molecule has 2 heterocycles. The minimum Gasteiger partial charge on any atom is -0.324 e. The topological polar surface area (TPSA) is 63.8 Å². The summed E-state index contributed by atoms with van der Waals surface area (Å²) in [6.45, 7) is 2.03. The molecule has 0 aliphatic heterocycles. The van der Waals surface area contributed by atoms with Crippen LogP contribution in [0.25, 0.3) is 11.3 Å². The number of aromatic nitrogens is 2. The van der Waals surface area contributed by atoms with E-state index in [9.17, 15) is 0 Å². The zero-order valence-electron chi connectivity index (χ0n) is 8.44. The Morgan fingerprint density at radius 2 is 2.13 bits per heavy atom. The molecule has 2 aromatic heterocycles. The van der Waals surface area contributed by atoms with Gasteiger partial charge in [0, 0.05) is 24.2 Å². The SMILES string of the molecule is Cc1ccncc1-c1cc(NN)ccn1. The molecule has 0 fully saturated rings. The molecular formula is C11H12N4. The van der Waals surface area contributed by atoms with Gasteiger partial charge in [-0.25, -0.2) is 0 Å². The van der Waals surface area contributed by atoms with Gasteiger partial charge in [-0.05, 0) is 30.7 Å². The zero-order valence-corrected chi connectivity index (χ0v) is 8.44. The second kappa shape index (κ2) is 4.06. The first-order chi connectivity index (χ1) is 7.31. The van der Waals surface area contributed by atoms with E-state index in [-0.39, 0.29) is 0 Å². The van der Waals surface area contributed by atoms with Crippen LogP contribution >= 0.6 is 0 Å². The van der Waals surface area contributed by atoms with Crippen LogP contribution < -0.4 is 11.3 Å². The molecule has 0 radical (unpaired) electrons. The molecular weight excluding hydrogens is 188 g/mol. The number of hydrogen-bond donors (Lipinski definition) is 2. The van der Waals surface area contributed by atoms with Crippen molar-refractivity contribution in [3.05, 3.63) is 42.4 Å². The molecule has 0 spiro atoms. The van der Waals surface area contributed by atoms with E-state index < -0.39 is 0 Å². The summed E-state index contributed by atoms with van der Waals surface area (Å²) in [5.41, 5.74) is 6.47. The lowest BCUT2D eigenvalue weighted by Crippen LogP contribution is -2.06. The van der Waals surface area contributed by atoms with E-state index in [1.165, 1.54) is 0 Å². The third-order valence-electron chi connectivity index (χ3n) is 2.24. The fraction of sp³-hybridized carbons (Fsp3) is 0.0909. The van der Waals surface area contributed by atoms with E-state index in [1.807, 2.05) is 25.1 Å². The second-order valence-corrected chi connectivity index (χ2v) is 3.26. The van der Waals surface area contributed by atoms with Crippen LogP contribution in [0.4, 0.5) is 5.69 Å². The van der Waals surface area contributed by atoms with Crippen LogP contribution in [0.5, 0.6) is 0 Å². The van der Waals surface area contributed by atoms with Gasteiger partial charge < -0.3 is 5.43 Å². The normalized spacial score (nSPS) is 10.0. The number of rotatable bonds is 2. The molecule has 0 aliphatic carbocycles. The van der Waals surface area contributed by atoms with Crippen molar-refractivity contribution in [3.8, 4) is 11.3 Å². The third kappa shape index (κ3) is 1.94. The van der Waals surface area contributed by atoms with Gasteiger partial charge in [-0.1, -0.05) is 0 Å². The minimum atomic E-state index is 0.836. The molecule has 0 atom stereocenters. The van der Waals surface area contributed by atoms with Crippen LogP contribution in [0.1, 0.15) is 5.56 Å². The van der Waals surface area contributed by atoms with Gasteiger partial charge in [0.2, 0.25) is 0 Å². The standard InChI is InChI=1S/C11H12N4/c1-8-2-4-13-7-10(8)11-6-9(15-12)3-5-14-11/h2-7H,12H2,1H3,(H,14,15). The molecule has 0 aromatic carbocycles. The fourth-order valence-electron chi connectivity index (χ4n) is 1.40. The molecule has 15 heavy (non-hydrogen) atoms. The van der Waals surface area contributed by atoms with Gasteiger partial charge in [-0.15, -0.1) is 0 Å².